The molecule has 0 radical (unpaired) electrons. The number of nitrogens with zero attached hydrogens (tertiary/aromatic N) is 2. The third-order valence-electron chi connectivity index (χ3n) is 2.72. The Morgan fingerprint density at radius 2 is 2.12 bits per heavy atom. The van der Waals surface area contributed by atoms with Gasteiger partial charge in [0.1, 0.15) is 0 Å². The first-order valence-corrected chi connectivity index (χ1v) is 5.30. The van der Waals surface area contributed by atoms with Crippen LogP contribution in [0.25, 0.3) is 22.2 Å². The number of nitrogens with one attached hydrogen (secondary N) is 1. The molecule has 17 heavy (non-hydrogen) atoms. The molecule has 3 heteroatoms. The van der Waals surface area contributed by atoms with E-state index in [9.17, 15) is 0 Å². The molecule has 0 fully saturated rings. The molecule has 1 aromatic carbocycles. The van der Waals surface area contributed by atoms with Crippen LogP contribution in [0.1, 0.15) is 5.56 Å². The third kappa shape index (κ3) is 1.66. The van der Waals surface area contributed by atoms with Crippen molar-refractivity contribution in [1.82, 2.24) is 9.97 Å². The molecule has 0 bridgehead atoms. The highest BCUT2D eigenvalue weighted by molar-refractivity contribution is 5.86. The van der Waals surface area contributed by atoms with Crippen LogP contribution in [-0.4, -0.2) is 9.97 Å². The Hall–Kier alpha value is -2.60. The van der Waals surface area contributed by atoms with Crippen LogP contribution < -0.4 is 0 Å². The Kier molecular flexibility index (Phi) is 2.13. The number of hydrogen-bond acceptors (Lipinski definition) is 2. The summed E-state index contributed by atoms with van der Waals surface area (Å²) in [6.45, 7) is 0. The van der Waals surface area contributed by atoms with Crippen molar-refractivity contribution in [3.8, 4) is 17.3 Å². The number of hydrogen-bond donors (Lipinski definition) is 1. The average Bonchev–Trinajstić information content (AvgIpc) is 2.82. The third-order valence-corrected chi connectivity index (χ3v) is 2.72. The van der Waals surface area contributed by atoms with E-state index in [2.05, 4.69) is 16.0 Å². The van der Waals surface area contributed by atoms with Crippen molar-refractivity contribution in [3.05, 3.63) is 54.4 Å². The molecule has 0 unspecified atom stereocenters. The first-order valence-electron chi connectivity index (χ1n) is 5.30. The molecule has 3 aromatic rings. The van der Waals surface area contributed by atoms with E-state index in [0.717, 1.165) is 22.2 Å². The van der Waals surface area contributed by atoms with Gasteiger partial charge in [-0.1, -0.05) is 0 Å². The average molecular weight is 219 g/mol. The van der Waals surface area contributed by atoms with Gasteiger partial charge in [-0.05, 0) is 36.4 Å². The fraction of sp³-hybridized carbons (Fsp3) is 0. The van der Waals surface area contributed by atoms with E-state index in [-0.39, 0.29) is 0 Å². The lowest BCUT2D eigenvalue weighted by atomic mass is 10.1. The standard InChI is InChI=1S/C14H9N3/c15-8-10-3-4-13-12(6-10)7-14(17-13)11-2-1-5-16-9-11/h1-7,9,17H. The summed E-state index contributed by atoms with van der Waals surface area (Å²) in [5.74, 6) is 0. The molecule has 1 N–H and O–H groups in total. The predicted octanol–water partition coefficient (Wildman–Crippen LogP) is 3.10. The molecule has 0 atom stereocenters. The van der Waals surface area contributed by atoms with Gasteiger partial charge in [-0.3, -0.25) is 4.98 Å². The summed E-state index contributed by atoms with van der Waals surface area (Å²) in [5, 5.41) is 9.90. The van der Waals surface area contributed by atoms with Crippen molar-refractivity contribution in [2.24, 2.45) is 0 Å². The molecule has 3 rings (SSSR count). The van der Waals surface area contributed by atoms with Gasteiger partial charge in [0.05, 0.1) is 11.6 Å². The van der Waals surface area contributed by atoms with Crippen molar-refractivity contribution in [2.45, 2.75) is 0 Å². The summed E-state index contributed by atoms with van der Waals surface area (Å²) in [6, 6.07) is 13.7. The fourth-order valence-corrected chi connectivity index (χ4v) is 1.88. The van der Waals surface area contributed by atoms with E-state index in [0.29, 0.717) is 5.56 Å². The topological polar surface area (TPSA) is 52.5 Å². The smallest absolute Gasteiger partial charge is 0.0991 e. The number of rotatable bonds is 1. The number of pyridine rings is 1. The SMILES string of the molecule is N#Cc1ccc2[nH]c(-c3cccnc3)cc2c1. The van der Waals surface area contributed by atoms with E-state index in [1.54, 1.807) is 6.20 Å². The van der Waals surface area contributed by atoms with Crippen LogP contribution >= 0.6 is 0 Å². The molecule has 2 heterocycles. The van der Waals surface area contributed by atoms with E-state index in [1.807, 2.05) is 42.6 Å². The molecule has 2 aromatic heterocycles. The lowest BCUT2D eigenvalue weighted by Gasteiger charge is -1.94. The van der Waals surface area contributed by atoms with Crippen LogP contribution in [0.4, 0.5) is 0 Å². The Morgan fingerprint density at radius 3 is 2.88 bits per heavy atom. The summed E-state index contributed by atoms with van der Waals surface area (Å²) >= 11 is 0. The molecular formula is C14H9N3. The van der Waals surface area contributed by atoms with Crippen molar-refractivity contribution in [1.29, 1.82) is 5.26 Å². The molecule has 0 amide bonds. The minimum absolute atomic E-state index is 0.675. The molecule has 0 spiro atoms. The van der Waals surface area contributed by atoms with Crippen LogP contribution in [0.15, 0.2) is 48.8 Å². The normalized spacial score (nSPS) is 10.3. The molecule has 0 aliphatic heterocycles. The number of fused-ring (bicyclic) bond motifs is 1. The van der Waals surface area contributed by atoms with Crippen LogP contribution in [0.2, 0.25) is 0 Å². The second kappa shape index (κ2) is 3.76. The zero-order chi connectivity index (χ0) is 11.7. The maximum absolute atomic E-state index is 8.85. The van der Waals surface area contributed by atoms with Crippen LogP contribution in [0, 0.1) is 11.3 Å². The van der Waals surface area contributed by atoms with Crippen LogP contribution in [0.3, 0.4) is 0 Å². The first kappa shape index (κ1) is 9.61. The van der Waals surface area contributed by atoms with E-state index >= 15 is 0 Å². The van der Waals surface area contributed by atoms with Gasteiger partial charge in [-0.2, -0.15) is 5.26 Å². The van der Waals surface area contributed by atoms with Crippen molar-refractivity contribution < 1.29 is 0 Å². The van der Waals surface area contributed by atoms with Gasteiger partial charge in [0, 0.05) is 34.6 Å². The number of H-pyrrole nitrogens is 1. The van der Waals surface area contributed by atoms with Gasteiger partial charge in [0.2, 0.25) is 0 Å². The minimum Gasteiger partial charge on any atom is -0.354 e. The van der Waals surface area contributed by atoms with Gasteiger partial charge in [0.15, 0.2) is 0 Å². The summed E-state index contributed by atoms with van der Waals surface area (Å²) < 4.78 is 0. The number of aromatic amines is 1. The molecule has 80 valence electrons. The highest BCUT2D eigenvalue weighted by Crippen LogP contribution is 2.23. The fourth-order valence-electron chi connectivity index (χ4n) is 1.88. The second-order valence-corrected chi connectivity index (χ2v) is 3.84. The molecule has 0 aliphatic rings. The van der Waals surface area contributed by atoms with E-state index < -0.39 is 0 Å². The molecule has 0 saturated carbocycles. The van der Waals surface area contributed by atoms with Crippen LogP contribution in [-0.2, 0) is 0 Å². The maximum Gasteiger partial charge on any atom is 0.0991 e. The molecule has 0 saturated heterocycles. The molecule has 3 nitrogen and oxygen atoms in total. The van der Waals surface area contributed by atoms with Gasteiger partial charge in [-0.25, -0.2) is 0 Å². The summed E-state index contributed by atoms with van der Waals surface area (Å²) in [4.78, 5) is 7.41. The second-order valence-electron chi connectivity index (χ2n) is 3.84. The zero-order valence-corrected chi connectivity index (χ0v) is 9.01. The monoisotopic (exact) mass is 219 g/mol. The van der Waals surface area contributed by atoms with Crippen molar-refractivity contribution >= 4 is 10.9 Å². The molecule has 0 aliphatic carbocycles. The summed E-state index contributed by atoms with van der Waals surface area (Å²) in [5.41, 5.74) is 3.77. The van der Waals surface area contributed by atoms with Crippen molar-refractivity contribution in [2.75, 3.05) is 0 Å². The zero-order valence-electron chi connectivity index (χ0n) is 9.01. The Morgan fingerprint density at radius 1 is 1.18 bits per heavy atom. The number of benzene rings is 1. The van der Waals surface area contributed by atoms with E-state index in [4.69, 9.17) is 5.26 Å². The van der Waals surface area contributed by atoms with E-state index in [1.165, 1.54) is 0 Å². The highest BCUT2D eigenvalue weighted by atomic mass is 14.7. The van der Waals surface area contributed by atoms with Gasteiger partial charge in [-0.15, -0.1) is 0 Å². The minimum atomic E-state index is 0.675. The number of aromatic nitrogens is 2. The quantitative estimate of drug-likeness (QED) is 0.683. The highest BCUT2D eigenvalue weighted by Gasteiger charge is 2.03. The van der Waals surface area contributed by atoms with Crippen LogP contribution in [0.5, 0.6) is 0 Å². The summed E-state index contributed by atoms with van der Waals surface area (Å²) in [7, 11) is 0. The van der Waals surface area contributed by atoms with Crippen molar-refractivity contribution in [3.63, 3.8) is 0 Å². The lowest BCUT2D eigenvalue weighted by molar-refractivity contribution is 1.31. The van der Waals surface area contributed by atoms with Gasteiger partial charge >= 0.3 is 0 Å². The molecular weight excluding hydrogens is 210 g/mol. The van der Waals surface area contributed by atoms with Gasteiger partial charge < -0.3 is 4.98 Å². The Bertz CT molecular complexity index is 705. The lowest BCUT2D eigenvalue weighted by Crippen LogP contribution is -1.77. The number of nitriles is 1. The maximum atomic E-state index is 8.85. The Labute approximate surface area is 98.4 Å². The summed E-state index contributed by atoms with van der Waals surface area (Å²) in [6.07, 6.45) is 3.57. The van der Waals surface area contributed by atoms with Gasteiger partial charge in [0.25, 0.3) is 0 Å². The Balaban J connectivity index is 2.18. The predicted molar refractivity (Wildman–Crippen MR) is 66.2 cm³/mol. The largest absolute Gasteiger partial charge is 0.354 e. The first-order chi connectivity index (χ1) is 8.36.